The van der Waals surface area contributed by atoms with Crippen LogP contribution < -0.4 is 0 Å². The molecule has 0 radical (unpaired) electrons. The Hall–Kier alpha value is -0.960. The summed E-state index contributed by atoms with van der Waals surface area (Å²) in [6.45, 7) is 0.726. The maximum absolute atomic E-state index is 12.3. The molecule has 1 saturated carbocycles. The van der Waals surface area contributed by atoms with Crippen LogP contribution in [0.5, 0.6) is 0 Å². The van der Waals surface area contributed by atoms with E-state index < -0.39 is 0 Å². The minimum atomic E-state index is 0.268. The SMILES string of the molecule is CSc1ccc(CN(C)C(=O)C2CCCCC2)cc1. The van der Waals surface area contributed by atoms with Crippen molar-refractivity contribution < 1.29 is 4.79 Å². The van der Waals surface area contributed by atoms with E-state index in [4.69, 9.17) is 0 Å². The molecule has 1 aromatic carbocycles. The predicted molar refractivity (Wildman–Crippen MR) is 81.3 cm³/mol. The molecule has 0 saturated heterocycles. The van der Waals surface area contributed by atoms with Gasteiger partial charge in [-0.25, -0.2) is 0 Å². The van der Waals surface area contributed by atoms with Gasteiger partial charge in [0.1, 0.15) is 0 Å². The zero-order valence-corrected chi connectivity index (χ0v) is 12.7. The van der Waals surface area contributed by atoms with Gasteiger partial charge in [-0.15, -0.1) is 11.8 Å². The topological polar surface area (TPSA) is 20.3 Å². The number of amides is 1. The Labute approximate surface area is 120 Å². The lowest BCUT2D eigenvalue weighted by Crippen LogP contribution is -2.33. The van der Waals surface area contributed by atoms with Crippen molar-refractivity contribution in [3.8, 4) is 0 Å². The standard InChI is InChI=1S/C16H23NOS/c1-17(16(18)14-6-4-3-5-7-14)12-13-8-10-15(19-2)11-9-13/h8-11,14H,3-7,12H2,1-2H3. The van der Waals surface area contributed by atoms with E-state index in [1.807, 2.05) is 11.9 Å². The molecule has 0 atom stereocenters. The van der Waals surface area contributed by atoms with Gasteiger partial charge in [0.2, 0.25) is 5.91 Å². The summed E-state index contributed by atoms with van der Waals surface area (Å²) in [6.07, 6.45) is 7.96. The van der Waals surface area contributed by atoms with Crippen molar-refractivity contribution in [2.24, 2.45) is 5.92 Å². The van der Waals surface area contributed by atoms with Gasteiger partial charge in [0.15, 0.2) is 0 Å². The molecular weight excluding hydrogens is 254 g/mol. The van der Waals surface area contributed by atoms with Gasteiger partial charge in [-0.3, -0.25) is 4.79 Å². The van der Waals surface area contributed by atoms with Gasteiger partial charge in [-0.2, -0.15) is 0 Å². The summed E-state index contributed by atoms with van der Waals surface area (Å²) < 4.78 is 0. The van der Waals surface area contributed by atoms with E-state index >= 15 is 0 Å². The second-order valence-corrected chi connectivity index (χ2v) is 6.26. The monoisotopic (exact) mass is 277 g/mol. The molecule has 0 heterocycles. The summed E-state index contributed by atoms with van der Waals surface area (Å²) in [5.74, 6) is 0.595. The third-order valence-corrected chi connectivity index (χ3v) is 4.65. The summed E-state index contributed by atoms with van der Waals surface area (Å²) in [5, 5.41) is 0. The van der Waals surface area contributed by atoms with Crippen molar-refractivity contribution in [1.29, 1.82) is 0 Å². The molecule has 1 amide bonds. The zero-order chi connectivity index (χ0) is 13.7. The number of rotatable bonds is 4. The van der Waals surface area contributed by atoms with Crippen LogP contribution in [0.2, 0.25) is 0 Å². The van der Waals surface area contributed by atoms with Gasteiger partial charge in [-0.1, -0.05) is 31.4 Å². The summed E-state index contributed by atoms with van der Waals surface area (Å²) in [6, 6.07) is 8.49. The van der Waals surface area contributed by atoms with Gasteiger partial charge in [-0.05, 0) is 36.8 Å². The molecule has 2 nitrogen and oxygen atoms in total. The van der Waals surface area contributed by atoms with E-state index in [-0.39, 0.29) is 5.92 Å². The summed E-state index contributed by atoms with van der Waals surface area (Å²) >= 11 is 1.74. The molecule has 104 valence electrons. The Balaban J connectivity index is 1.91. The van der Waals surface area contributed by atoms with E-state index in [1.54, 1.807) is 11.8 Å². The first-order valence-corrected chi connectivity index (χ1v) is 8.31. The number of hydrogen-bond acceptors (Lipinski definition) is 2. The van der Waals surface area contributed by atoms with E-state index in [0.717, 1.165) is 19.4 Å². The van der Waals surface area contributed by atoms with Crippen molar-refractivity contribution in [3.05, 3.63) is 29.8 Å². The third-order valence-electron chi connectivity index (χ3n) is 3.91. The first-order chi connectivity index (χ1) is 9.20. The Kier molecular flexibility index (Phi) is 5.32. The van der Waals surface area contributed by atoms with Gasteiger partial charge < -0.3 is 4.90 Å². The summed E-state index contributed by atoms with van der Waals surface area (Å²) in [7, 11) is 1.93. The van der Waals surface area contributed by atoms with Crippen molar-refractivity contribution in [2.45, 2.75) is 43.5 Å². The highest BCUT2D eigenvalue weighted by Gasteiger charge is 2.23. The molecule has 19 heavy (non-hydrogen) atoms. The fraction of sp³-hybridized carbons (Fsp3) is 0.562. The first-order valence-electron chi connectivity index (χ1n) is 7.08. The van der Waals surface area contributed by atoms with Crippen LogP contribution in [-0.2, 0) is 11.3 Å². The maximum Gasteiger partial charge on any atom is 0.225 e. The Morgan fingerprint density at radius 2 is 1.84 bits per heavy atom. The number of hydrogen-bond donors (Lipinski definition) is 0. The largest absolute Gasteiger partial charge is 0.341 e. The van der Waals surface area contributed by atoms with E-state index in [0.29, 0.717) is 5.91 Å². The average molecular weight is 277 g/mol. The van der Waals surface area contributed by atoms with Crippen LogP contribution in [0.3, 0.4) is 0 Å². The van der Waals surface area contributed by atoms with E-state index in [1.165, 1.54) is 29.7 Å². The predicted octanol–water partition coefficient (Wildman–Crippen LogP) is 3.95. The highest BCUT2D eigenvalue weighted by atomic mass is 32.2. The summed E-state index contributed by atoms with van der Waals surface area (Å²) in [4.78, 5) is 15.5. The fourth-order valence-electron chi connectivity index (χ4n) is 2.74. The van der Waals surface area contributed by atoms with E-state index in [9.17, 15) is 4.79 Å². The molecule has 1 aliphatic rings. The number of thioether (sulfide) groups is 1. The molecule has 0 spiro atoms. The van der Waals surface area contributed by atoms with Crippen LogP contribution in [0.25, 0.3) is 0 Å². The maximum atomic E-state index is 12.3. The lowest BCUT2D eigenvalue weighted by atomic mass is 9.88. The third kappa shape index (κ3) is 4.00. The average Bonchev–Trinajstić information content (AvgIpc) is 2.48. The van der Waals surface area contributed by atoms with Gasteiger partial charge in [0, 0.05) is 24.4 Å². The molecular formula is C16H23NOS. The summed E-state index contributed by atoms with van der Waals surface area (Å²) in [5.41, 5.74) is 1.21. The highest BCUT2D eigenvalue weighted by molar-refractivity contribution is 7.98. The normalized spacial score (nSPS) is 16.3. The second-order valence-electron chi connectivity index (χ2n) is 5.38. The molecule has 0 N–H and O–H groups in total. The molecule has 0 aromatic heterocycles. The molecule has 1 aromatic rings. The first kappa shape index (κ1) is 14.4. The highest BCUT2D eigenvalue weighted by Crippen LogP contribution is 2.25. The zero-order valence-electron chi connectivity index (χ0n) is 11.9. The van der Waals surface area contributed by atoms with Crippen LogP contribution in [0.4, 0.5) is 0 Å². The van der Waals surface area contributed by atoms with Gasteiger partial charge in [0.25, 0.3) is 0 Å². The van der Waals surface area contributed by atoms with Gasteiger partial charge >= 0.3 is 0 Å². The number of carbonyl (C=O) groups is 1. The van der Waals surface area contributed by atoms with Crippen LogP contribution in [0.15, 0.2) is 29.2 Å². The minimum Gasteiger partial charge on any atom is -0.341 e. The minimum absolute atomic E-state index is 0.268. The molecule has 1 aliphatic carbocycles. The molecule has 2 rings (SSSR count). The Bertz CT molecular complexity index is 409. The Morgan fingerprint density at radius 1 is 1.21 bits per heavy atom. The smallest absolute Gasteiger partial charge is 0.225 e. The molecule has 0 unspecified atom stereocenters. The lowest BCUT2D eigenvalue weighted by Gasteiger charge is -2.26. The molecule has 1 fully saturated rings. The molecule has 0 aliphatic heterocycles. The number of nitrogens with zero attached hydrogens (tertiary/aromatic N) is 1. The fourth-order valence-corrected chi connectivity index (χ4v) is 3.15. The van der Waals surface area contributed by atoms with Crippen LogP contribution >= 0.6 is 11.8 Å². The molecule has 0 bridgehead atoms. The number of benzene rings is 1. The lowest BCUT2D eigenvalue weighted by molar-refractivity contribution is -0.135. The van der Waals surface area contributed by atoms with Crippen molar-refractivity contribution in [3.63, 3.8) is 0 Å². The van der Waals surface area contributed by atoms with Crippen LogP contribution in [0, 0.1) is 5.92 Å². The second kappa shape index (κ2) is 6.99. The van der Waals surface area contributed by atoms with Crippen molar-refractivity contribution in [2.75, 3.05) is 13.3 Å². The number of carbonyl (C=O) groups excluding carboxylic acids is 1. The Morgan fingerprint density at radius 3 is 2.42 bits per heavy atom. The molecule has 3 heteroatoms. The van der Waals surface area contributed by atoms with Crippen molar-refractivity contribution >= 4 is 17.7 Å². The van der Waals surface area contributed by atoms with Gasteiger partial charge in [0.05, 0.1) is 0 Å². The van der Waals surface area contributed by atoms with Crippen LogP contribution in [-0.4, -0.2) is 24.1 Å². The van der Waals surface area contributed by atoms with Crippen LogP contribution in [0.1, 0.15) is 37.7 Å². The van der Waals surface area contributed by atoms with E-state index in [2.05, 4.69) is 30.5 Å². The van der Waals surface area contributed by atoms with Crippen molar-refractivity contribution in [1.82, 2.24) is 4.90 Å². The quantitative estimate of drug-likeness (QED) is 0.777.